The quantitative estimate of drug-likeness (QED) is 0.738. The molecule has 5 heteroatoms. The van der Waals surface area contributed by atoms with E-state index in [1.54, 1.807) is 0 Å². The summed E-state index contributed by atoms with van der Waals surface area (Å²) in [6.45, 7) is 0. The van der Waals surface area contributed by atoms with E-state index >= 15 is 0 Å². The predicted molar refractivity (Wildman–Crippen MR) is 47.1 cm³/mol. The third-order valence-corrected chi connectivity index (χ3v) is 2.38. The SMILES string of the molecule is O=C(O)Cc1o[nH]c(=O)c1CC1CC1. The Labute approximate surface area is 79.7 Å². The molecule has 2 N–H and O–H groups in total. The summed E-state index contributed by atoms with van der Waals surface area (Å²) in [4.78, 5) is 21.7. The number of carboxylic acid groups (broad SMARTS) is 1. The summed E-state index contributed by atoms with van der Waals surface area (Å²) in [6.07, 6.45) is 2.67. The van der Waals surface area contributed by atoms with Crippen LogP contribution in [0.3, 0.4) is 0 Å². The lowest BCUT2D eigenvalue weighted by molar-refractivity contribution is -0.136. The van der Waals surface area contributed by atoms with E-state index in [0.29, 0.717) is 17.9 Å². The zero-order valence-corrected chi connectivity index (χ0v) is 7.58. The van der Waals surface area contributed by atoms with E-state index in [-0.39, 0.29) is 17.7 Å². The topological polar surface area (TPSA) is 83.3 Å². The number of aromatic amines is 1. The van der Waals surface area contributed by atoms with E-state index in [1.807, 2.05) is 0 Å². The number of nitrogens with one attached hydrogen (secondary N) is 1. The van der Waals surface area contributed by atoms with Crippen LogP contribution >= 0.6 is 0 Å². The van der Waals surface area contributed by atoms with Crippen molar-refractivity contribution < 1.29 is 14.4 Å². The molecule has 1 saturated carbocycles. The van der Waals surface area contributed by atoms with Crippen molar-refractivity contribution in [3.8, 4) is 0 Å². The summed E-state index contributed by atoms with van der Waals surface area (Å²) >= 11 is 0. The summed E-state index contributed by atoms with van der Waals surface area (Å²) in [6, 6.07) is 0. The zero-order valence-electron chi connectivity index (χ0n) is 7.58. The number of hydrogen-bond acceptors (Lipinski definition) is 3. The van der Waals surface area contributed by atoms with Gasteiger partial charge in [-0.2, -0.15) is 5.16 Å². The molecule has 0 aromatic carbocycles. The van der Waals surface area contributed by atoms with E-state index in [2.05, 4.69) is 5.16 Å². The van der Waals surface area contributed by atoms with E-state index in [9.17, 15) is 9.59 Å². The minimum atomic E-state index is -0.982. The molecule has 1 aromatic rings. The summed E-state index contributed by atoms with van der Waals surface area (Å²) in [5.74, 6) is -0.166. The molecule has 1 fully saturated rings. The molecule has 0 spiro atoms. The Morgan fingerprint density at radius 2 is 2.29 bits per heavy atom. The Balaban J connectivity index is 2.20. The number of aliphatic carboxylic acids is 1. The van der Waals surface area contributed by atoms with Crippen molar-refractivity contribution in [1.82, 2.24) is 5.16 Å². The van der Waals surface area contributed by atoms with Gasteiger partial charge in [0.25, 0.3) is 5.56 Å². The number of rotatable bonds is 4. The third kappa shape index (κ3) is 1.86. The molecule has 1 aromatic heterocycles. The van der Waals surface area contributed by atoms with Gasteiger partial charge in [0.2, 0.25) is 0 Å². The van der Waals surface area contributed by atoms with E-state index in [0.717, 1.165) is 12.8 Å². The highest BCUT2D eigenvalue weighted by Gasteiger charge is 2.26. The van der Waals surface area contributed by atoms with Crippen LogP contribution < -0.4 is 5.56 Å². The van der Waals surface area contributed by atoms with Gasteiger partial charge in [0.05, 0.1) is 5.56 Å². The summed E-state index contributed by atoms with van der Waals surface area (Å²) in [5, 5.41) is 10.8. The fraction of sp³-hybridized carbons (Fsp3) is 0.556. The minimum absolute atomic E-state index is 0.221. The van der Waals surface area contributed by atoms with Gasteiger partial charge in [-0.3, -0.25) is 9.59 Å². The first-order valence-corrected chi connectivity index (χ1v) is 4.58. The molecule has 0 radical (unpaired) electrons. The molecule has 0 bridgehead atoms. The van der Waals surface area contributed by atoms with Crippen molar-refractivity contribution in [2.45, 2.75) is 25.7 Å². The van der Waals surface area contributed by atoms with Gasteiger partial charge in [-0.25, -0.2) is 0 Å². The molecule has 5 nitrogen and oxygen atoms in total. The molecule has 76 valence electrons. The number of H-pyrrole nitrogens is 1. The Morgan fingerprint density at radius 3 is 2.86 bits per heavy atom. The van der Waals surface area contributed by atoms with E-state index < -0.39 is 5.97 Å². The first-order valence-electron chi connectivity index (χ1n) is 4.58. The van der Waals surface area contributed by atoms with Crippen LogP contribution in [0.4, 0.5) is 0 Å². The van der Waals surface area contributed by atoms with Crippen molar-refractivity contribution in [3.63, 3.8) is 0 Å². The highest BCUT2D eigenvalue weighted by molar-refractivity contribution is 5.69. The maximum absolute atomic E-state index is 11.2. The first kappa shape index (κ1) is 9.05. The fourth-order valence-electron chi connectivity index (χ4n) is 1.46. The lowest BCUT2D eigenvalue weighted by Crippen LogP contribution is -2.10. The van der Waals surface area contributed by atoms with Crippen LogP contribution in [0, 0.1) is 5.92 Å². The molecular weight excluding hydrogens is 186 g/mol. The van der Waals surface area contributed by atoms with Crippen LogP contribution in [0.2, 0.25) is 0 Å². The van der Waals surface area contributed by atoms with Gasteiger partial charge in [-0.05, 0) is 25.2 Å². The molecule has 14 heavy (non-hydrogen) atoms. The average molecular weight is 197 g/mol. The molecular formula is C9H11NO4. The van der Waals surface area contributed by atoms with Gasteiger partial charge in [-0.15, -0.1) is 0 Å². The van der Waals surface area contributed by atoms with Crippen LogP contribution in [0.25, 0.3) is 0 Å². The smallest absolute Gasteiger partial charge is 0.311 e. The van der Waals surface area contributed by atoms with Crippen molar-refractivity contribution >= 4 is 5.97 Å². The highest BCUT2D eigenvalue weighted by atomic mass is 16.5. The van der Waals surface area contributed by atoms with Crippen LogP contribution in [-0.4, -0.2) is 16.2 Å². The fourth-order valence-corrected chi connectivity index (χ4v) is 1.46. The van der Waals surface area contributed by atoms with Crippen molar-refractivity contribution in [3.05, 3.63) is 21.7 Å². The molecule has 0 amide bonds. The Morgan fingerprint density at radius 1 is 1.57 bits per heavy atom. The number of carbonyl (C=O) groups is 1. The summed E-state index contributed by atoms with van der Waals surface area (Å²) in [7, 11) is 0. The first-order chi connectivity index (χ1) is 6.66. The van der Waals surface area contributed by atoms with Gasteiger partial charge in [0.15, 0.2) is 5.76 Å². The minimum Gasteiger partial charge on any atom is -0.481 e. The zero-order chi connectivity index (χ0) is 10.1. The van der Waals surface area contributed by atoms with Crippen molar-refractivity contribution in [2.24, 2.45) is 5.92 Å². The van der Waals surface area contributed by atoms with Gasteiger partial charge < -0.3 is 9.63 Å². The lowest BCUT2D eigenvalue weighted by atomic mass is 10.1. The second-order valence-electron chi connectivity index (χ2n) is 3.65. The Bertz CT molecular complexity index is 399. The van der Waals surface area contributed by atoms with Crippen LogP contribution in [0.1, 0.15) is 24.2 Å². The maximum Gasteiger partial charge on any atom is 0.311 e. The van der Waals surface area contributed by atoms with E-state index in [4.69, 9.17) is 9.63 Å². The molecule has 2 rings (SSSR count). The standard InChI is InChI=1S/C9H11NO4/c11-8(12)4-7-6(3-5-1-2-5)9(13)10-14-7/h5H,1-4H2,(H,10,13)(H,11,12). The molecule has 0 saturated heterocycles. The van der Waals surface area contributed by atoms with Crippen LogP contribution in [-0.2, 0) is 17.6 Å². The van der Waals surface area contributed by atoms with Gasteiger partial charge in [0.1, 0.15) is 6.42 Å². The van der Waals surface area contributed by atoms with Crippen LogP contribution in [0.5, 0.6) is 0 Å². The molecule has 1 aliphatic rings. The second-order valence-corrected chi connectivity index (χ2v) is 3.65. The van der Waals surface area contributed by atoms with Crippen LogP contribution in [0.15, 0.2) is 9.32 Å². The molecule has 0 atom stereocenters. The summed E-state index contributed by atoms with van der Waals surface area (Å²) in [5.41, 5.74) is 0.225. The van der Waals surface area contributed by atoms with Crippen molar-refractivity contribution in [1.29, 1.82) is 0 Å². The maximum atomic E-state index is 11.2. The monoisotopic (exact) mass is 197 g/mol. The largest absolute Gasteiger partial charge is 0.481 e. The number of carboxylic acids is 1. The number of aromatic nitrogens is 1. The molecule has 1 heterocycles. The normalized spacial score (nSPS) is 15.7. The second kappa shape index (κ2) is 3.32. The molecule has 0 unspecified atom stereocenters. The number of hydrogen-bond donors (Lipinski definition) is 2. The van der Waals surface area contributed by atoms with Gasteiger partial charge in [0, 0.05) is 0 Å². The summed E-state index contributed by atoms with van der Waals surface area (Å²) < 4.78 is 4.82. The van der Waals surface area contributed by atoms with Gasteiger partial charge >= 0.3 is 5.97 Å². The third-order valence-electron chi connectivity index (χ3n) is 2.38. The Kier molecular flexibility index (Phi) is 2.15. The molecule has 0 aliphatic heterocycles. The Hall–Kier alpha value is -1.52. The lowest BCUT2D eigenvalue weighted by Gasteiger charge is -1.94. The van der Waals surface area contributed by atoms with Gasteiger partial charge in [-0.1, -0.05) is 0 Å². The highest BCUT2D eigenvalue weighted by Crippen LogP contribution is 2.32. The van der Waals surface area contributed by atoms with E-state index in [1.165, 1.54) is 0 Å². The average Bonchev–Trinajstić information content (AvgIpc) is 2.85. The van der Waals surface area contributed by atoms with Crippen molar-refractivity contribution in [2.75, 3.05) is 0 Å². The molecule has 1 aliphatic carbocycles. The predicted octanol–water partition coefficient (Wildman–Crippen LogP) is 0.547.